The molecule has 126 valence electrons. The van der Waals surface area contributed by atoms with Crippen LogP contribution in [0.2, 0.25) is 0 Å². The van der Waals surface area contributed by atoms with E-state index in [1.165, 1.54) is 16.9 Å². The van der Waals surface area contributed by atoms with Crippen LogP contribution in [0.5, 0.6) is 0 Å². The molecule has 0 bridgehead atoms. The molecule has 2 atom stereocenters. The predicted molar refractivity (Wildman–Crippen MR) is 90.8 cm³/mol. The molecule has 2 aliphatic rings. The maximum absolute atomic E-state index is 12.6. The molecular weight excluding hydrogens is 324 g/mol. The van der Waals surface area contributed by atoms with Crippen LogP contribution in [0.25, 0.3) is 0 Å². The summed E-state index contributed by atoms with van der Waals surface area (Å²) in [5, 5.41) is 1.82. The summed E-state index contributed by atoms with van der Waals surface area (Å²) in [6.07, 6.45) is 3.86. The standard InChI is InChI=1S/C17H20N4O2S/c22-17(15-11-24-12-19-15)21-5-6-23-16-10-20(8-14(16)9-21)7-13-1-3-18-4-2-13/h1-4,11-12,14,16H,5-10H2/t14-,16-/m0/s1. The fourth-order valence-corrected chi connectivity index (χ4v) is 4.05. The van der Waals surface area contributed by atoms with Crippen LogP contribution in [-0.2, 0) is 11.3 Å². The zero-order chi connectivity index (χ0) is 16.4. The van der Waals surface area contributed by atoms with Crippen molar-refractivity contribution in [3.8, 4) is 0 Å². The predicted octanol–water partition coefficient (Wildman–Crippen LogP) is 1.51. The van der Waals surface area contributed by atoms with Crippen LogP contribution in [0.4, 0.5) is 0 Å². The first-order chi connectivity index (χ1) is 11.8. The third kappa shape index (κ3) is 3.33. The van der Waals surface area contributed by atoms with Crippen molar-refractivity contribution in [1.29, 1.82) is 0 Å². The van der Waals surface area contributed by atoms with Crippen molar-refractivity contribution >= 4 is 17.2 Å². The van der Waals surface area contributed by atoms with Gasteiger partial charge in [0.25, 0.3) is 5.91 Å². The third-order valence-corrected chi connectivity index (χ3v) is 5.29. The van der Waals surface area contributed by atoms with Gasteiger partial charge in [-0.05, 0) is 17.7 Å². The van der Waals surface area contributed by atoms with E-state index >= 15 is 0 Å². The normalized spacial score (nSPS) is 24.6. The van der Waals surface area contributed by atoms with Crippen molar-refractivity contribution in [3.63, 3.8) is 0 Å². The molecule has 0 unspecified atom stereocenters. The van der Waals surface area contributed by atoms with Gasteiger partial charge in [0.15, 0.2) is 0 Å². The lowest BCUT2D eigenvalue weighted by molar-refractivity contribution is 0.0501. The van der Waals surface area contributed by atoms with E-state index in [4.69, 9.17) is 4.74 Å². The van der Waals surface area contributed by atoms with Crippen molar-refractivity contribution in [2.45, 2.75) is 12.6 Å². The highest BCUT2D eigenvalue weighted by Crippen LogP contribution is 2.25. The van der Waals surface area contributed by atoms with Gasteiger partial charge in [0.2, 0.25) is 0 Å². The van der Waals surface area contributed by atoms with Gasteiger partial charge in [-0.1, -0.05) is 0 Å². The number of aromatic nitrogens is 2. The minimum absolute atomic E-state index is 0.0214. The summed E-state index contributed by atoms with van der Waals surface area (Å²) in [7, 11) is 0. The van der Waals surface area contributed by atoms with E-state index in [2.05, 4.69) is 14.9 Å². The highest BCUT2D eigenvalue weighted by atomic mass is 32.1. The number of carbonyl (C=O) groups is 1. The highest BCUT2D eigenvalue weighted by molar-refractivity contribution is 7.07. The first kappa shape index (κ1) is 15.7. The SMILES string of the molecule is O=C(c1cscn1)N1CCO[C@H]2CN(Cc3ccncc3)C[C@H]2C1. The van der Waals surface area contributed by atoms with Crippen LogP contribution in [0.3, 0.4) is 0 Å². The zero-order valence-electron chi connectivity index (χ0n) is 13.4. The van der Waals surface area contributed by atoms with E-state index in [0.29, 0.717) is 24.8 Å². The Morgan fingerprint density at radius 2 is 2.17 bits per heavy atom. The molecule has 2 saturated heterocycles. The third-order valence-electron chi connectivity index (χ3n) is 4.70. The Kier molecular flexibility index (Phi) is 4.55. The summed E-state index contributed by atoms with van der Waals surface area (Å²) in [5.41, 5.74) is 3.51. The minimum atomic E-state index is 0.0214. The molecule has 0 radical (unpaired) electrons. The van der Waals surface area contributed by atoms with E-state index < -0.39 is 0 Å². The molecule has 7 heteroatoms. The lowest BCUT2D eigenvalue weighted by Crippen LogP contribution is -2.37. The summed E-state index contributed by atoms with van der Waals surface area (Å²) in [5.74, 6) is 0.380. The maximum Gasteiger partial charge on any atom is 0.273 e. The number of amides is 1. The fourth-order valence-electron chi connectivity index (χ4n) is 3.52. The average Bonchev–Trinajstić information content (AvgIpc) is 3.21. The number of nitrogens with zero attached hydrogens (tertiary/aromatic N) is 4. The van der Waals surface area contributed by atoms with Gasteiger partial charge in [-0.15, -0.1) is 11.3 Å². The quantitative estimate of drug-likeness (QED) is 0.845. The molecular formula is C17H20N4O2S. The zero-order valence-corrected chi connectivity index (χ0v) is 14.2. The molecule has 0 N–H and O–H groups in total. The van der Waals surface area contributed by atoms with Gasteiger partial charge in [-0.2, -0.15) is 0 Å². The summed E-state index contributed by atoms with van der Waals surface area (Å²) in [6.45, 7) is 4.76. The minimum Gasteiger partial charge on any atom is -0.375 e. The number of carbonyl (C=O) groups excluding carboxylic acids is 1. The molecule has 24 heavy (non-hydrogen) atoms. The Hall–Kier alpha value is -1.83. The van der Waals surface area contributed by atoms with Crippen LogP contribution in [0, 0.1) is 5.92 Å². The molecule has 4 heterocycles. The van der Waals surface area contributed by atoms with Crippen molar-refractivity contribution < 1.29 is 9.53 Å². The molecule has 6 nitrogen and oxygen atoms in total. The van der Waals surface area contributed by atoms with Gasteiger partial charge >= 0.3 is 0 Å². The van der Waals surface area contributed by atoms with E-state index in [9.17, 15) is 4.79 Å². The topological polar surface area (TPSA) is 58.6 Å². The van der Waals surface area contributed by atoms with Crippen LogP contribution < -0.4 is 0 Å². The monoisotopic (exact) mass is 344 g/mol. The van der Waals surface area contributed by atoms with Crippen LogP contribution in [0.1, 0.15) is 16.1 Å². The first-order valence-electron chi connectivity index (χ1n) is 8.20. The molecule has 2 aromatic rings. The summed E-state index contributed by atoms with van der Waals surface area (Å²) in [6, 6.07) is 4.10. The molecule has 0 saturated carbocycles. The molecule has 0 aliphatic carbocycles. The van der Waals surface area contributed by atoms with Crippen molar-refractivity contribution in [2.24, 2.45) is 5.92 Å². The second-order valence-electron chi connectivity index (χ2n) is 6.34. The molecule has 2 fully saturated rings. The molecule has 2 aromatic heterocycles. The molecule has 2 aliphatic heterocycles. The Balaban J connectivity index is 1.41. The molecule has 1 amide bonds. The van der Waals surface area contributed by atoms with E-state index in [1.807, 2.05) is 34.8 Å². The Bertz CT molecular complexity index is 679. The largest absolute Gasteiger partial charge is 0.375 e. The average molecular weight is 344 g/mol. The number of thiazole rings is 1. The lowest BCUT2D eigenvalue weighted by Gasteiger charge is -2.23. The Morgan fingerprint density at radius 1 is 1.29 bits per heavy atom. The van der Waals surface area contributed by atoms with E-state index in [0.717, 1.165) is 26.2 Å². The second-order valence-corrected chi connectivity index (χ2v) is 7.06. The van der Waals surface area contributed by atoms with Crippen molar-refractivity contribution in [1.82, 2.24) is 19.8 Å². The number of pyridine rings is 1. The second kappa shape index (κ2) is 6.96. The smallest absolute Gasteiger partial charge is 0.273 e. The Labute approximate surface area is 145 Å². The van der Waals surface area contributed by atoms with Gasteiger partial charge in [0, 0.05) is 56.4 Å². The maximum atomic E-state index is 12.6. The number of ether oxygens (including phenoxy) is 1. The van der Waals surface area contributed by atoms with Crippen LogP contribution in [0.15, 0.2) is 35.4 Å². The number of hydrogen-bond acceptors (Lipinski definition) is 6. The molecule has 0 aromatic carbocycles. The van der Waals surface area contributed by atoms with Gasteiger partial charge in [0.05, 0.1) is 18.2 Å². The van der Waals surface area contributed by atoms with Crippen LogP contribution in [-0.4, -0.2) is 64.6 Å². The van der Waals surface area contributed by atoms with Gasteiger partial charge in [-0.25, -0.2) is 4.98 Å². The summed E-state index contributed by atoms with van der Waals surface area (Å²) >= 11 is 1.46. The number of fused-ring (bicyclic) bond motifs is 1. The van der Waals surface area contributed by atoms with Crippen LogP contribution >= 0.6 is 11.3 Å². The summed E-state index contributed by atoms with van der Waals surface area (Å²) < 4.78 is 6.03. The Morgan fingerprint density at radius 3 is 2.96 bits per heavy atom. The van der Waals surface area contributed by atoms with Gasteiger partial charge < -0.3 is 9.64 Å². The highest BCUT2D eigenvalue weighted by Gasteiger charge is 2.37. The van der Waals surface area contributed by atoms with E-state index in [1.54, 1.807) is 5.51 Å². The first-order valence-corrected chi connectivity index (χ1v) is 9.14. The molecule has 0 spiro atoms. The van der Waals surface area contributed by atoms with Crippen molar-refractivity contribution in [3.05, 3.63) is 46.7 Å². The summed E-state index contributed by atoms with van der Waals surface area (Å²) in [4.78, 5) is 25.1. The van der Waals surface area contributed by atoms with Gasteiger partial charge in [0.1, 0.15) is 5.69 Å². The van der Waals surface area contributed by atoms with E-state index in [-0.39, 0.29) is 12.0 Å². The number of rotatable bonds is 3. The number of hydrogen-bond donors (Lipinski definition) is 0. The van der Waals surface area contributed by atoms with Gasteiger partial charge in [-0.3, -0.25) is 14.7 Å². The lowest BCUT2D eigenvalue weighted by atomic mass is 10.1. The fraction of sp³-hybridized carbons (Fsp3) is 0.471. The van der Waals surface area contributed by atoms with Crippen molar-refractivity contribution in [2.75, 3.05) is 32.8 Å². The number of likely N-dealkylation sites (tertiary alicyclic amines) is 1. The molecule has 4 rings (SSSR count).